The van der Waals surface area contributed by atoms with Crippen molar-refractivity contribution in [3.63, 3.8) is 0 Å². The number of para-hydroxylation sites is 2. The fourth-order valence-electron chi connectivity index (χ4n) is 2.56. The number of nitrogens with zero attached hydrogens (tertiary/aromatic N) is 2. The molecular weight excluding hydrogens is 316 g/mol. The van der Waals surface area contributed by atoms with E-state index in [-0.39, 0.29) is 11.8 Å². The summed E-state index contributed by atoms with van der Waals surface area (Å²) in [5, 5.41) is 5.62. The van der Waals surface area contributed by atoms with E-state index in [1.165, 1.54) is 0 Å². The van der Waals surface area contributed by atoms with Gasteiger partial charge in [-0.05, 0) is 32.4 Å². The molecule has 2 rings (SSSR count). The molecule has 1 unspecified atom stereocenters. The molecule has 0 radical (unpaired) electrons. The Balaban J connectivity index is 1.81. The standard InChI is InChI=1S/C19H28N4O2/c1-13(21-18(25)19(3,4)5)17(24)20-11-8-12-23-14(2)22-15-9-6-7-10-16(15)23/h6-7,9-10,13H,8,11-12H2,1-5H3,(H,20,24)(H,21,25). The van der Waals surface area contributed by atoms with E-state index in [0.717, 1.165) is 29.8 Å². The molecule has 2 N–H and O–H groups in total. The lowest BCUT2D eigenvalue weighted by molar-refractivity contribution is -0.133. The van der Waals surface area contributed by atoms with Gasteiger partial charge in [0, 0.05) is 18.5 Å². The van der Waals surface area contributed by atoms with Crippen LogP contribution in [0.1, 0.15) is 39.9 Å². The number of hydrogen-bond donors (Lipinski definition) is 2. The average Bonchev–Trinajstić information content (AvgIpc) is 2.85. The summed E-state index contributed by atoms with van der Waals surface area (Å²) in [4.78, 5) is 28.6. The number of hydrogen-bond acceptors (Lipinski definition) is 3. The number of imidazole rings is 1. The molecule has 2 amide bonds. The van der Waals surface area contributed by atoms with E-state index >= 15 is 0 Å². The van der Waals surface area contributed by atoms with E-state index in [4.69, 9.17) is 0 Å². The Morgan fingerprint density at radius 3 is 2.60 bits per heavy atom. The van der Waals surface area contributed by atoms with Crippen molar-refractivity contribution in [1.29, 1.82) is 0 Å². The van der Waals surface area contributed by atoms with Crippen molar-refractivity contribution in [2.75, 3.05) is 6.54 Å². The Bertz CT molecular complexity index is 758. The van der Waals surface area contributed by atoms with E-state index in [2.05, 4.69) is 26.3 Å². The van der Waals surface area contributed by atoms with Crippen molar-refractivity contribution in [2.24, 2.45) is 5.41 Å². The number of rotatable bonds is 6. The number of carbonyl (C=O) groups is 2. The molecule has 0 saturated carbocycles. The minimum absolute atomic E-state index is 0.129. The maximum absolute atomic E-state index is 12.1. The maximum Gasteiger partial charge on any atom is 0.242 e. The Kier molecular flexibility index (Phi) is 5.82. The highest BCUT2D eigenvalue weighted by Gasteiger charge is 2.24. The van der Waals surface area contributed by atoms with Crippen molar-refractivity contribution >= 4 is 22.8 Å². The molecule has 0 aliphatic heterocycles. The van der Waals surface area contributed by atoms with Crippen molar-refractivity contribution < 1.29 is 9.59 Å². The summed E-state index contributed by atoms with van der Waals surface area (Å²) >= 11 is 0. The largest absolute Gasteiger partial charge is 0.354 e. The highest BCUT2D eigenvalue weighted by Crippen LogP contribution is 2.15. The maximum atomic E-state index is 12.1. The van der Waals surface area contributed by atoms with Gasteiger partial charge in [-0.1, -0.05) is 32.9 Å². The zero-order valence-electron chi connectivity index (χ0n) is 15.7. The Hall–Kier alpha value is -2.37. The first-order valence-electron chi connectivity index (χ1n) is 8.70. The lowest BCUT2D eigenvalue weighted by atomic mass is 9.95. The van der Waals surface area contributed by atoms with Crippen LogP contribution in [0.4, 0.5) is 0 Å². The van der Waals surface area contributed by atoms with E-state index in [0.29, 0.717) is 6.54 Å². The van der Waals surface area contributed by atoms with E-state index < -0.39 is 11.5 Å². The smallest absolute Gasteiger partial charge is 0.242 e. The zero-order chi connectivity index (χ0) is 18.6. The first-order valence-corrected chi connectivity index (χ1v) is 8.70. The van der Waals surface area contributed by atoms with Crippen molar-refractivity contribution in [3.05, 3.63) is 30.1 Å². The van der Waals surface area contributed by atoms with E-state index in [1.807, 2.05) is 45.9 Å². The van der Waals surface area contributed by atoms with Crippen LogP contribution in [0.3, 0.4) is 0 Å². The lowest BCUT2D eigenvalue weighted by Crippen LogP contribution is -2.48. The summed E-state index contributed by atoms with van der Waals surface area (Å²) in [6, 6.07) is 7.49. The normalized spacial score (nSPS) is 12.8. The molecule has 0 aliphatic carbocycles. The Morgan fingerprint density at radius 1 is 1.24 bits per heavy atom. The highest BCUT2D eigenvalue weighted by atomic mass is 16.2. The number of benzene rings is 1. The number of aryl methyl sites for hydroxylation is 2. The van der Waals surface area contributed by atoms with E-state index in [9.17, 15) is 9.59 Å². The molecule has 0 bridgehead atoms. The fourth-order valence-corrected chi connectivity index (χ4v) is 2.56. The molecule has 2 aromatic rings. The molecule has 136 valence electrons. The van der Waals surface area contributed by atoms with Crippen LogP contribution in [0.5, 0.6) is 0 Å². The van der Waals surface area contributed by atoms with Crippen molar-refractivity contribution in [2.45, 2.75) is 53.6 Å². The van der Waals surface area contributed by atoms with Crippen LogP contribution in [0, 0.1) is 12.3 Å². The summed E-state index contributed by atoms with van der Waals surface area (Å²) in [5.41, 5.74) is 1.59. The van der Waals surface area contributed by atoms with Crippen LogP contribution in [0.15, 0.2) is 24.3 Å². The Labute approximate surface area is 149 Å². The third-order valence-corrected chi connectivity index (χ3v) is 4.13. The summed E-state index contributed by atoms with van der Waals surface area (Å²) in [5.74, 6) is 0.679. The molecule has 6 heteroatoms. The zero-order valence-corrected chi connectivity index (χ0v) is 15.7. The van der Waals surface area contributed by atoms with Gasteiger partial charge in [-0.25, -0.2) is 4.98 Å². The predicted octanol–water partition coefficient (Wildman–Crippen LogP) is 2.40. The second kappa shape index (κ2) is 7.68. The molecule has 1 aromatic heterocycles. The van der Waals surface area contributed by atoms with Crippen LogP contribution in [0.25, 0.3) is 11.0 Å². The highest BCUT2D eigenvalue weighted by molar-refractivity contribution is 5.89. The van der Waals surface area contributed by atoms with Crippen LogP contribution in [-0.2, 0) is 16.1 Å². The number of amides is 2. The molecular formula is C19H28N4O2. The van der Waals surface area contributed by atoms with Gasteiger partial charge in [-0.2, -0.15) is 0 Å². The SMILES string of the molecule is Cc1nc2ccccc2n1CCCNC(=O)C(C)NC(=O)C(C)(C)C. The third-order valence-electron chi connectivity index (χ3n) is 4.13. The summed E-state index contributed by atoms with van der Waals surface area (Å²) in [6.45, 7) is 10.5. The monoisotopic (exact) mass is 344 g/mol. The minimum atomic E-state index is -0.539. The summed E-state index contributed by atoms with van der Waals surface area (Å²) in [6.07, 6.45) is 0.798. The van der Waals surface area contributed by atoms with Gasteiger partial charge in [0.1, 0.15) is 11.9 Å². The molecule has 25 heavy (non-hydrogen) atoms. The minimum Gasteiger partial charge on any atom is -0.354 e. The van der Waals surface area contributed by atoms with Crippen LogP contribution < -0.4 is 10.6 Å². The van der Waals surface area contributed by atoms with Gasteiger partial charge < -0.3 is 15.2 Å². The second-order valence-electron chi connectivity index (χ2n) is 7.39. The summed E-state index contributed by atoms with van der Waals surface area (Å²) in [7, 11) is 0. The number of aromatic nitrogens is 2. The quantitative estimate of drug-likeness (QED) is 0.790. The van der Waals surface area contributed by atoms with Gasteiger partial charge in [-0.15, -0.1) is 0 Å². The van der Waals surface area contributed by atoms with Gasteiger partial charge in [0.2, 0.25) is 11.8 Å². The molecule has 1 aromatic carbocycles. The van der Waals surface area contributed by atoms with Gasteiger partial charge in [-0.3, -0.25) is 9.59 Å². The van der Waals surface area contributed by atoms with Crippen LogP contribution in [0.2, 0.25) is 0 Å². The van der Waals surface area contributed by atoms with E-state index in [1.54, 1.807) is 6.92 Å². The fraction of sp³-hybridized carbons (Fsp3) is 0.526. The molecule has 1 atom stereocenters. The molecule has 1 heterocycles. The van der Waals surface area contributed by atoms with Gasteiger partial charge in [0.25, 0.3) is 0 Å². The van der Waals surface area contributed by atoms with Gasteiger partial charge in [0.15, 0.2) is 0 Å². The number of carbonyl (C=O) groups excluding carboxylic acids is 2. The first-order chi connectivity index (χ1) is 11.7. The number of fused-ring (bicyclic) bond motifs is 1. The Morgan fingerprint density at radius 2 is 1.92 bits per heavy atom. The number of nitrogens with one attached hydrogen (secondary N) is 2. The first kappa shape index (κ1) is 19.0. The molecule has 6 nitrogen and oxygen atoms in total. The second-order valence-corrected chi connectivity index (χ2v) is 7.39. The molecule has 0 spiro atoms. The average molecular weight is 344 g/mol. The van der Waals surface area contributed by atoms with Crippen molar-refractivity contribution in [1.82, 2.24) is 20.2 Å². The van der Waals surface area contributed by atoms with Gasteiger partial charge in [0.05, 0.1) is 11.0 Å². The van der Waals surface area contributed by atoms with Gasteiger partial charge >= 0.3 is 0 Å². The third kappa shape index (κ3) is 4.81. The predicted molar refractivity (Wildman–Crippen MR) is 99.2 cm³/mol. The molecule has 0 fully saturated rings. The molecule has 0 saturated heterocycles. The van der Waals surface area contributed by atoms with Crippen molar-refractivity contribution in [3.8, 4) is 0 Å². The topological polar surface area (TPSA) is 76.0 Å². The van der Waals surface area contributed by atoms with Crippen LogP contribution in [-0.4, -0.2) is 34.0 Å². The molecule has 0 aliphatic rings. The lowest BCUT2D eigenvalue weighted by Gasteiger charge is -2.21. The summed E-state index contributed by atoms with van der Waals surface area (Å²) < 4.78 is 2.16. The van der Waals surface area contributed by atoms with Crippen LogP contribution >= 0.6 is 0 Å².